The van der Waals surface area contributed by atoms with Gasteiger partial charge in [0.05, 0.1) is 0 Å². The number of hydrogen-bond acceptors (Lipinski definition) is 6. The molecule has 1 fully saturated rings. The van der Waals surface area contributed by atoms with Crippen LogP contribution in [0.5, 0.6) is 0 Å². The predicted octanol–water partition coefficient (Wildman–Crippen LogP) is 4.47. The molecule has 0 aliphatic carbocycles. The van der Waals surface area contributed by atoms with E-state index in [1.807, 2.05) is 29.2 Å². The van der Waals surface area contributed by atoms with Crippen molar-refractivity contribution in [3.05, 3.63) is 64.7 Å². The molecule has 0 spiro atoms. The molecule has 34 heavy (non-hydrogen) atoms. The Balaban J connectivity index is 1.43. The largest absolute Gasteiger partial charge is 0.326 e. The molecule has 2 aromatic carbocycles. The van der Waals surface area contributed by atoms with Gasteiger partial charge in [-0.15, -0.1) is 10.2 Å². The van der Waals surface area contributed by atoms with E-state index in [9.17, 15) is 14.4 Å². The molecule has 3 amide bonds. The Bertz CT molecular complexity index is 1220. The van der Waals surface area contributed by atoms with E-state index in [0.29, 0.717) is 29.3 Å². The van der Waals surface area contributed by atoms with Gasteiger partial charge >= 0.3 is 0 Å². The summed E-state index contributed by atoms with van der Waals surface area (Å²) in [7, 11) is 0. The highest BCUT2D eigenvalue weighted by Gasteiger charge is 2.34. The summed E-state index contributed by atoms with van der Waals surface area (Å²) in [5.74, 6) is -0.634. The Labute approximate surface area is 202 Å². The first-order valence-electron chi connectivity index (χ1n) is 11.3. The lowest BCUT2D eigenvalue weighted by atomic mass is 10.1. The second-order valence-corrected chi connectivity index (χ2v) is 9.52. The predicted molar refractivity (Wildman–Crippen MR) is 133 cm³/mol. The maximum atomic E-state index is 12.7. The molecule has 176 valence electrons. The van der Waals surface area contributed by atoms with E-state index in [1.165, 1.54) is 11.3 Å². The van der Waals surface area contributed by atoms with Crippen LogP contribution in [0.25, 0.3) is 0 Å². The van der Waals surface area contributed by atoms with Crippen LogP contribution in [0.4, 0.5) is 16.5 Å². The normalized spacial score (nSPS) is 15.6. The minimum Gasteiger partial charge on any atom is -0.326 e. The molecule has 4 rings (SSSR count). The SMILES string of the molecule is CCc1ccccc1N1CC(c2nnc(NC(=O)c3cccc(NC(=O)C(C)C)c3)s2)CC1=O. The second kappa shape index (κ2) is 10.1. The number of aromatic nitrogens is 2. The molecule has 9 heteroatoms. The molecule has 1 atom stereocenters. The molecular weight excluding hydrogens is 450 g/mol. The first-order valence-corrected chi connectivity index (χ1v) is 12.1. The van der Waals surface area contributed by atoms with Gasteiger partial charge in [-0.25, -0.2) is 0 Å². The topological polar surface area (TPSA) is 104 Å². The standard InChI is InChI=1S/C25H27N5O3S/c1-4-16-8-5-6-11-20(16)30-14-18(13-21(30)31)24-28-29-25(34-24)27-23(33)17-9-7-10-19(12-17)26-22(32)15(2)3/h5-12,15,18H,4,13-14H2,1-3H3,(H,26,32)(H,27,29,33). The number of benzene rings is 2. The van der Waals surface area contributed by atoms with Crippen molar-refractivity contribution in [2.75, 3.05) is 22.1 Å². The third-order valence-corrected chi connectivity index (χ3v) is 6.72. The Hall–Kier alpha value is -3.59. The van der Waals surface area contributed by atoms with Crippen LogP contribution in [0.2, 0.25) is 0 Å². The Morgan fingerprint density at radius 1 is 1.12 bits per heavy atom. The van der Waals surface area contributed by atoms with E-state index in [0.717, 1.165) is 22.7 Å². The van der Waals surface area contributed by atoms with Crippen molar-refractivity contribution in [1.29, 1.82) is 0 Å². The van der Waals surface area contributed by atoms with E-state index in [1.54, 1.807) is 38.1 Å². The van der Waals surface area contributed by atoms with E-state index in [2.05, 4.69) is 27.8 Å². The number of anilines is 3. The number of nitrogens with one attached hydrogen (secondary N) is 2. The van der Waals surface area contributed by atoms with Crippen molar-refractivity contribution >= 4 is 45.6 Å². The minimum atomic E-state index is -0.343. The third kappa shape index (κ3) is 5.14. The fourth-order valence-corrected chi connectivity index (χ4v) is 4.65. The van der Waals surface area contributed by atoms with Gasteiger partial charge in [-0.3, -0.25) is 19.7 Å². The summed E-state index contributed by atoms with van der Waals surface area (Å²) in [6.45, 7) is 6.22. The minimum absolute atomic E-state index is 0.0620. The molecule has 1 aromatic heterocycles. The van der Waals surface area contributed by atoms with Gasteiger partial charge in [0, 0.05) is 41.7 Å². The Kier molecular flexibility index (Phi) is 7.02. The molecule has 3 aromatic rings. The zero-order valence-electron chi connectivity index (χ0n) is 19.4. The summed E-state index contributed by atoms with van der Waals surface area (Å²) in [6, 6.07) is 14.7. The highest BCUT2D eigenvalue weighted by atomic mass is 32.1. The lowest BCUT2D eigenvalue weighted by Gasteiger charge is -2.19. The van der Waals surface area contributed by atoms with Crippen LogP contribution < -0.4 is 15.5 Å². The van der Waals surface area contributed by atoms with Gasteiger partial charge in [0.1, 0.15) is 5.01 Å². The van der Waals surface area contributed by atoms with Crippen molar-refractivity contribution < 1.29 is 14.4 Å². The van der Waals surface area contributed by atoms with Gasteiger partial charge in [-0.2, -0.15) is 0 Å². The number of rotatable bonds is 7. The van der Waals surface area contributed by atoms with Crippen molar-refractivity contribution in [2.45, 2.75) is 39.5 Å². The third-order valence-electron chi connectivity index (χ3n) is 5.72. The molecule has 1 unspecified atom stereocenters. The molecule has 1 aliphatic heterocycles. The summed E-state index contributed by atoms with van der Waals surface area (Å²) < 4.78 is 0. The zero-order valence-corrected chi connectivity index (χ0v) is 20.2. The van der Waals surface area contributed by atoms with Gasteiger partial charge in [-0.1, -0.05) is 56.4 Å². The van der Waals surface area contributed by atoms with Crippen molar-refractivity contribution in [2.24, 2.45) is 5.92 Å². The van der Waals surface area contributed by atoms with Crippen LogP contribution >= 0.6 is 11.3 Å². The fourth-order valence-electron chi connectivity index (χ4n) is 3.82. The lowest BCUT2D eigenvalue weighted by molar-refractivity contribution is -0.119. The van der Waals surface area contributed by atoms with Crippen molar-refractivity contribution in [3.8, 4) is 0 Å². The lowest BCUT2D eigenvalue weighted by Crippen LogP contribution is -2.25. The van der Waals surface area contributed by atoms with Crippen LogP contribution in [-0.4, -0.2) is 34.5 Å². The Morgan fingerprint density at radius 2 is 1.91 bits per heavy atom. The van der Waals surface area contributed by atoms with Gasteiger partial charge in [0.2, 0.25) is 16.9 Å². The van der Waals surface area contributed by atoms with Crippen LogP contribution in [-0.2, 0) is 16.0 Å². The molecule has 0 bridgehead atoms. The smallest absolute Gasteiger partial charge is 0.257 e. The second-order valence-electron chi connectivity index (χ2n) is 8.51. The number of amides is 3. The molecule has 0 saturated carbocycles. The maximum Gasteiger partial charge on any atom is 0.257 e. The molecule has 2 heterocycles. The number of aryl methyl sites for hydroxylation is 1. The summed E-state index contributed by atoms with van der Waals surface area (Å²) in [5, 5.41) is 15.0. The van der Waals surface area contributed by atoms with Crippen LogP contribution in [0.15, 0.2) is 48.5 Å². The molecule has 1 aliphatic rings. The fraction of sp³-hybridized carbons (Fsp3) is 0.320. The summed E-state index contributed by atoms with van der Waals surface area (Å²) in [5.41, 5.74) is 3.03. The molecular formula is C25H27N5O3S. The van der Waals surface area contributed by atoms with Crippen LogP contribution in [0.1, 0.15) is 54.0 Å². The first kappa shape index (κ1) is 23.6. The number of carbonyl (C=O) groups excluding carboxylic acids is 3. The van der Waals surface area contributed by atoms with Gasteiger partial charge in [0.25, 0.3) is 5.91 Å². The van der Waals surface area contributed by atoms with Gasteiger partial charge in [0.15, 0.2) is 0 Å². The zero-order chi connectivity index (χ0) is 24.2. The van der Waals surface area contributed by atoms with Crippen LogP contribution in [0, 0.1) is 5.92 Å². The number of hydrogen-bond donors (Lipinski definition) is 2. The van der Waals surface area contributed by atoms with E-state index < -0.39 is 0 Å². The quantitative estimate of drug-likeness (QED) is 0.523. The monoisotopic (exact) mass is 477 g/mol. The van der Waals surface area contributed by atoms with E-state index in [4.69, 9.17) is 0 Å². The van der Waals surface area contributed by atoms with E-state index in [-0.39, 0.29) is 29.6 Å². The molecule has 1 saturated heterocycles. The highest BCUT2D eigenvalue weighted by Crippen LogP contribution is 2.35. The number of para-hydroxylation sites is 1. The number of carbonyl (C=O) groups is 3. The summed E-state index contributed by atoms with van der Waals surface area (Å²) in [4.78, 5) is 39.2. The van der Waals surface area contributed by atoms with E-state index >= 15 is 0 Å². The average Bonchev–Trinajstić information content (AvgIpc) is 3.45. The summed E-state index contributed by atoms with van der Waals surface area (Å²) in [6.07, 6.45) is 1.21. The van der Waals surface area contributed by atoms with Crippen molar-refractivity contribution in [3.63, 3.8) is 0 Å². The van der Waals surface area contributed by atoms with Gasteiger partial charge in [-0.05, 0) is 36.2 Å². The Morgan fingerprint density at radius 3 is 2.68 bits per heavy atom. The van der Waals surface area contributed by atoms with Crippen molar-refractivity contribution in [1.82, 2.24) is 10.2 Å². The summed E-state index contributed by atoms with van der Waals surface area (Å²) >= 11 is 1.28. The average molecular weight is 478 g/mol. The highest BCUT2D eigenvalue weighted by molar-refractivity contribution is 7.15. The molecule has 2 N–H and O–H groups in total. The molecule has 8 nitrogen and oxygen atoms in total. The number of nitrogens with zero attached hydrogens (tertiary/aromatic N) is 3. The molecule has 0 radical (unpaired) electrons. The van der Waals surface area contributed by atoms with Gasteiger partial charge < -0.3 is 10.2 Å². The van der Waals surface area contributed by atoms with Crippen LogP contribution in [0.3, 0.4) is 0 Å². The maximum absolute atomic E-state index is 12.7. The first-order chi connectivity index (χ1) is 16.4.